The molecule has 2 saturated heterocycles. The third-order valence-corrected chi connectivity index (χ3v) is 6.16. The third-order valence-electron chi connectivity index (χ3n) is 6.16. The van der Waals surface area contributed by atoms with E-state index in [2.05, 4.69) is 26.7 Å². The molecule has 2 fully saturated rings. The number of imidazole rings is 1. The molecule has 0 saturated carbocycles. The molecule has 0 unspecified atom stereocenters. The molecular weight excluding hydrogens is 370 g/mol. The van der Waals surface area contributed by atoms with Crippen LogP contribution in [0, 0.1) is 12.8 Å². The van der Waals surface area contributed by atoms with Crippen molar-refractivity contribution in [3.63, 3.8) is 0 Å². The molecule has 8 nitrogen and oxygen atoms in total. The van der Waals surface area contributed by atoms with Gasteiger partial charge in [0, 0.05) is 56.9 Å². The van der Waals surface area contributed by atoms with Crippen molar-refractivity contribution in [2.75, 3.05) is 39.4 Å². The van der Waals surface area contributed by atoms with Crippen LogP contribution in [0.25, 0.3) is 11.1 Å². The van der Waals surface area contributed by atoms with Gasteiger partial charge in [0.05, 0.1) is 30.8 Å². The Balaban J connectivity index is 1.30. The van der Waals surface area contributed by atoms with Crippen LogP contribution in [-0.2, 0) is 17.8 Å². The van der Waals surface area contributed by atoms with Gasteiger partial charge in [-0.3, -0.25) is 14.4 Å². The molecule has 29 heavy (non-hydrogen) atoms. The van der Waals surface area contributed by atoms with E-state index in [0.717, 1.165) is 62.8 Å². The van der Waals surface area contributed by atoms with Crippen LogP contribution in [0.2, 0.25) is 0 Å². The van der Waals surface area contributed by atoms with Crippen molar-refractivity contribution in [2.24, 2.45) is 5.92 Å². The van der Waals surface area contributed by atoms with Crippen molar-refractivity contribution in [1.82, 2.24) is 24.3 Å². The van der Waals surface area contributed by atoms with Crippen LogP contribution in [-0.4, -0.2) is 69.8 Å². The Hall–Kier alpha value is -2.42. The van der Waals surface area contributed by atoms with Gasteiger partial charge in [-0.05, 0) is 19.1 Å². The highest BCUT2D eigenvalue weighted by Crippen LogP contribution is 2.22. The number of benzene rings is 1. The van der Waals surface area contributed by atoms with Gasteiger partial charge in [0.2, 0.25) is 0 Å². The van der Waals surface area contributed by atoms with Crippen LogP contribution in [0.5, 0.6) is 0 Å². The summed E-state index contributed by atoms with van der Waals surface area (Å²) in [6.45, 7) is 8.84. The molecule has 5 rings (SSSR count). The Morgan fingerprint density at radius 2 is 2.07 bits per heavy atom. The van der Waals surface area contributed by atoms with E-state index in [1.807, 2.05) is 24.3 Å². The van der Waals surface area contributed by atoms with Gasteiger partial charge in [-0.25, -0.2) is 9.78 Å². The van der Waals surface area contributed by atoms with Crippen LogP contribution >= 0.6 is 0 Å². The minimum atomic E-state index is -0.278. The second kappa shape index (κ2) is 7.78. The standard InChI is InChI=1S/C21H27N5O3/c1-15-18(23-14-22-15)11-25-9-16-8-24(10-17(25)13-28-12-16)6-7-26-19-4-2-3-5-20(19)29-21(26)27/h2-5,14,16-17H,6-13H2,1H3,(H,22,23)/t16-,17-/m0/s1. The molecule has 2 bridgehead atoms. The SMILES string of the molecule is Cc1[nH]cnc1CN1C[C@H]2COC[C@@H]1CN(CCn1c(=O)oc3ccccc31)C2. The zero-order valence-electron chi connectivity index (χ0n) is 16.7. The van der Waals surface area contributed by atoms with E-state index >= 15 is 0 Å². The number of nitrogens with zero attached hydrogens (tertiary/aromatic N) is 4. The molecule has 2 atom stereocenters. The van der Waals surface area contributed by atoms with Gasteiger partial charge in [0.25, 0.3) is 0 Å². The summed E-state index contributed by atoms with van der Waals surface area (Å²) in [7, 11) is 0. The summed E-state index contributed by atoms with van der Waals surface area (Å²) in [5, 5.41) is 0. The molecule has 4 heterocycles. The van der Waals surface area contributed by atoms with Gasteiger partial charge in [0.15, 0.2) is 5.58 Å². The summed E-state index contributed by atoms with van der Waals surface area (Å²) in [5.74, 6) is 0.180. The molecule has 0 aliphatic carbocycles. The van der Waals surface area contributed by atoms with Crippen LogP contribution < -0.4 is 5.76 Å². The maximum Gasteiger partial charge on any atom is 0.419 e. The molecule has 0 amide bonds. The third kappa shape index (κ3) is 3.75. The Morgan fingerprint density at radius 1 is 1.17 bits per heavy atom. The van der Waals surface area contributed by atoms with Gasteiger partial charge in [-0.2, -0.15) is 0 Å². The van der Waals surface area contributed by atoms with E-state index in [1.165, 1.54) is 0 Å². The molecular formula is C21H27N5O3. The van der Waals surface area contributed by atoms with Crippen molar-refractivity contribution >= 4 is 11.1 Å². The minimum absolute atomic E-state index is 0.278. The molecule has 2 aliphatic rings. The van der Waals surface area contributed by atoms with E-state index in [-0.39, 0.29) is 5.76 Å². The molecule has 0 radical (unpaired) electrons. The predicted octanol–water partition coefficient (Wildman–Crippen LogP) is 1.46. The number of aryl methyl sites for hydroxylation is 1. The fourth-order valence-electron chi connectivity index (χ4n) is 4.61. The minimum Gasteiger partial charge on any atom is -0.408 e. The van der Waals surface area contributed by atoms with Crippen molar-refractivity contribution in [3.05, 3.63) is 52.5 Å². The quantitative estimate of drug-likeness (QED) is 0.702. The Kier molecular flexibility index (Phi) is 4.99. The lowest BCUT2D eigenvalue weighted by atomic mass is 10.1. The largest absolute Gasteiger partial charge is 0.419 e. The zero-order valence-corrected chi connectivity index (χ0v) is 16.7. The number of aromatic amines is 1. The summed E-state index contributed by atoms with van der Waals surface area (Å²) in [6, 6.07) is 7.95. The molecule has 154 valence electrons. The topological polar surface area (TPSA) is 79.5 Å². The molecule has 0 spiro atoms. The van der Waals surface area contributed by atoms with Crippen LogP contribution in [0.3, 0.4) is 0 Å². The summed E-state index contributed by atoms with van der Waals surface area (Å²) in [5.41, 5.74) is 3.76. The lowest BCUT2D eigenvalue weighted by Crippen LogP contribution is -2.44. The first-order chi connectivity index (χ1) is 14.2. The van der Waals surface area contributed by atoms with Gasteiger partial charge >= 0.3 is 5.76 Å². The number of hydrogen-bond donors (Lipinski definition) is 1. The highest BCUT2D eigenvalue weighted by atomic mass is 16.5. The summed E-state index contributed by atoms with van der Waals surface area (Å²) in [6.07, 6.45) is 1.77. The van der Waals surface area contributed by atoms with Gasteiger partial charge < -0.3 is 14.1 Å². The molecule has 3 aromatic rings. The first-order valence-corrected chi connectivity index (χ1v) is 10.3. The second-order valence-corrected chi connectivity index (χ2v) is 8.21. The number of nitrogens with one attached hydrogen (secondary N) is 1. The number of rotatable bonds is 5. The Labute approximate surface area is 169 Å². The summed E-state index contributed by atoms with van der Waals surface area (Å²) >= 11 is 0. The maximum absolute atomic E-state index is 12.3. The van der Waals surface area contributed by atoms with Crippen molar-refractivity contribution < 1.29 is 9.15 Å². The number of ether oxygens (including phenoxy) is 1. The fourth-order valence-corrected chi connectivity index (χ4v) is 4.61. The molecule has 2 aliphatic heterocycles. The van der Waals surface area contributed by atoms with Gasteiger partial charge in [-0.15, -0.1) is 0 Å². The van der Waals surface area contributed by atoms with E-state index in [4.69, 9.17) is 9.15 Å². The molecule has 1 aromatic carbocycles. The molecule has 1 N–H and O–H groups in total. The lowest BCUT2D eigenvalue weighted by molar-refractivity contribution is 0.0480. The second-order valence-electron chi connectivity index (χ2n) is 8.21. The first-order valence-electron chi connectivity index (χ1n) is 10.3. The first kappa shape index (κ1) is 18.6. The number of aromatic nitrogens is 3. The predicted molar refractivity (Wildman–Crippen MR) is 109 cm³/mol. The van der Waals surface area contributed by atoms with Crippen LogP contribution in [0.4, 0.5) is 0 Å². The summed E-state index contributed by atoms with van der Waals surface area (Å²) < 4.78 is 13.1. The Morgan fingerprint density at radius 3 is 2.93 bits per heavy atom. The van der Waals surface area contributed by atoms with E-state index in [9.17, 15) is 4.79 Å². The van der Waals surface area contributed by atoms with Gasteiger partial charge in [-0.1, -0.05) is 12.1 Å². The average Bonchev–Trinajstić information content (AvgIpc) is 3.11. The molecule has 2 aromatic heterocycles. The summed E-state index contributed by atoms with van der Waals surface area (Å²) in [4.78, 5) is 24.9. The number of oxazole rings is 1. The van der Waals surface area contributed by atoms with E-state index < -0.39 is 0 Å². The average molecular weight is 397 g/mol. The highest BCUT2D eigenvalue weighted by molar-refractivity contribution is 5.72. The highest BCUT2D eigenvalue weighted by Gasteiger charge is 2.33. The Bertz CT molecular complexity index is 1040. The van der Waals surface area contributed by atoms with Crippen molar-refractivity contribution in [2.45, 2.75) is 26.1 Å². The zero-order chi connectivity index (χ0) is 19.8. The smallest absolute Gasteiger partial charge is 0.408 e. The lowest BCUT2D eigenvalue weighted by Gasteiger charge is -2.31. The fraction of sp³-hybridized carbons (Fsp3) is 0.524. The van der Waals surface area contributed by atoms with Crippen molar-refractivity contribution in [3.8, 4) is 0 Å². The number of H-pyrrole nitrogens is 1. The number of hydrogen-bond acceptors (Lipinski definition) is 6. The van der Waals surface area contributed by atoms with E-state index in [1.54, 1.807) is 10.9 Å². The molecule has 8 heteroatoms. The number of fused-ring (bicyclic) bond motifs is 4. The van der Waals surface area contributed by atoms with Gasteiger partial charge in [0.1, 0.15) is 0 Å². The normalized spacial score (nSPS) is 23.5. The number of para-hydroxylation sites is 2. The van der Waals surface area contributed by atoms with E-state index in [0.29, 0.717) is 24.1 Å². The van der Waals surface area contributed by atoms with Crippen LogP contribution in [0.15, 0.2) is 39.8 Å². The maximum atomic E-state index is 12.3. The van der Waals surface area contributed by atoms with Crippen LogP contribution in [0.1, 0.15) is 11.4 Å². The monoisotopic (exact) mass is 397 g/mol. The van der Waals surface area contributed by atoms with Crippen molar-refractivity contribution in [1.29, 1.82) is 0 Å².